The Kier molecular flexibility index (Phi) is 7.20. The SMILES string of the molecule is CCCNCCC(CC)C(C)(O)CC. The van der Waals surface area contributed by atoms with Crippen molar-refractivity contribution in [2.45, 2.75) is 59.0 Å². The molecule has 2 nitrogen and oxygen atoms in total. The van der Waals surface area contributed by atoms with Crippen LogP contribution in [0.25, 0.3) is 0 Å². The van der Waals surface area contributed by atoms with E-state index < -0.39 is 5.60 Å². The number of hydrogen-bond acceptors (Lipinski definition) is 2. The standard InChI is InChI=1S/C12H27NO/c1-5-9-13-10-8-11(6-2)12(4,14)7-3/h11,13-14H,5-10H2,1-4H3. The lowest BCUT2D eigenvalue weighted by Gasteiger charge is -2.31. The van der Waals surface area contributed by atoms with Crippen LogP contribution in [0.4, 0.5) is 0 Å². The molecule has 0 aliphatic heterocycles. The fourth-order valence-electron chi connectivity index (χ4n) is 1.82. The summed E-state index contributed by atoms with van der Waals surface area (Å²) in [5, 5.41) is 13.5. The van der Waals surface area contributed by atoms with Gasteiger partial charge in [-0.15, -0.1) is 0 Å². The Balaban J connectivity index is 3.79. The molecule has 0 bridgehead atoms. The molecule has 2 atom stereocenters. The van der Waals surface area contributed by atoms with Crippen LogP contribution in [0.5, 0.6) is 0 Å². The Morgan fingerprint density at radius 2 is 1.86 bits per heavy atom. The molecule has 0 aliphatic carbocycles. The van der Waals surface area contributed by atoms with E-state index >= 15 is 0 Å². The van der Waals surface area contributed by atoms with Crippen molar-refractivity contribution in [2.24, 2.45) is 5.92 Å². The molecule has 14 heavy (non-hydrogen) atoms. The molecule has 0 aromatic heterocycles. The molecule has 0 saturated heterocycles. The van der Waals surface area contributed by atoms with Crippen molar-refractivity contribution >= 4 is 0 Å². The molecular weight excluding hydrogens is 174 g/mol. The van der Waals surface area contributed by atoms with Gasteiger partial charge in [0.25, 0.3) is 0 Å². The molecular formula is C12H27NO. The van der Waals surface area contributed by atoms with Crippen molar-refractivity contribution in [1.82, 2.24) is 5.32 Å². The predicted molar refractivity (Wildman–Crippen MR) is 62.5 cm³/mol. The molecule has 0 rings (SSSR count). The van der Waals surface area contributed by atoms with Gasteiger partial charge in [-0.1, -0.05) is 27.2 Å². The maximum absolute atomic E-state index is 10.1. The first kappa shape index (κ1) is 13.9. The number of nitrogens with one attached hydrogen (secondary N) is 1. The maximum atomic E-state index is 10.1. The van der Waals surface area contributed by atoms with Gasteiger partial charge < -0.3 is 10.4 Å². The van der Waals surface area contributed by atoms with Crippen LogP contribution in [0.3, 0.4) is 0 Å². The monoisotopic (exact) mass is 201 g/mol. The van der Waals surface area contributed by atoms with E-state index in [1.54, 1.807) is 0 Å². The highest BCUT2D eigenvalue weighted by Gasteiger charge is 2.27. The summed E-state index contributed by atoms with van der Waals surface area (Å²) in [6.45, 7) is 10.5. The van der Waals surface area contributed by atoms with Crippen molar-refractivity contribution in [1.29, 1.82) is 0 Å². The van der Waals surface area contributed by atoms with Gasteiger partial charge in [0.15, 0.2) is 0 Å². The summed E-state index contributed by atoms with van der Waals surface area (Å²) in [6.07, 6.45) is 4.17. The average molecular weight is 201 g/mol. The van der Waals surface area contributed by atoms with Crippen LogP contribution >= 0.6 is 0 Å². The molecule has 0 aromatic rings. The van der Waals surface area contributed by atoms with E-state index in [9.17, 15) is 5.11 Å². The van der Waals surface area contributed by atoms with Gasteiger partial charge >= 0.3 is 0 Å². The van der Waals surface area contributed by atoms with Crippen LogP contribution in [-0.4, -0.2) is 23.8 Å². The van der Waals surface area contributed by atoms with Gasteiger partial charge in [0.1, 0.15) is 0 Å². The Morgan fingerprint density at radius 1 is 1.21 bits per heavy atom. The topological polar surface area (TPSA) is 32.3 Å². The van der Waals surface area contributed by atoms with Crippen LogP contribution in [0.1, 0.15) is 53.4 Å². The van der Waals surface area contributed by atoms with Crippen molar-refractivity contribution < 1.29 is 5.11 Å². The quantitative estimate of drug-likeness (QED) is 0.592. The summed E-state index contributed by atoms with van der Waals surface area (Å²) >= 11 is 0. The molecule has 0 heterocycles. The van der Waals surface area contributed by atoms with Crippen LogP contribution < -0.4 is 5.32 Å². The van der Waals surface area contributed by atoms with Crippen LogP contribution in [-0.2, 0) is 0 Å². The molecule has 0 amide bonds. The summed E-state index contributed by atoms with van der Waals surface area (Å²) in [4.78, 5) is 0. The highest BCUT2D eigenvalue weighted by Crippen LogP contribution is 2.26. The molecule has 0 aromatic carbocycles. The normalized spacial score (nSPS) is 17.8. The Morgan fingerprint density at radius 3 is 2.29 bits per heavy atom. The molecule has 0 radical (unpaired) electrons. The third-order valence-electron chi connectivity index (χ3n) is 3.18. The van der Waals surface area contributed by atoms with Crippen LogP contribution in [0.2, 0.25) is 0 Å². The maximum Gasteiger partial charge on any atom is 0.0645 e. The van der Waals surface area contributed by atoms with Crippen LogP contribution in [0.15, 0.2) is 0 Å². The lowest BCUT2D eigenvalue weighted by atomic mass is 9.82. The second kappa shape index (κ2) is 7.24. The van der Waals surface area contributed by atoms with E-state index in [-0.39, 0.29) is 0 Å². The molecule has 0 saturated carbocycles. The van der Waals surface area contributed by atoms with Gasteiger partial charge in [0, 0.05) is 0 Å². The Labute approximate surface area is 89.1 Å². The Bertz CT molecular complexity index is 134. The first-order valence-corrected chi connectivity index (χ1v) is 6.01. The molecule has 0 fully saturated rings. The van der Waals surface area contributed by atoms with Gasteiger partial charge in [-0.2, -0.15) is 0 Å². The Hall–Kier alpha value is -0.0800. The smallest absolute Gasteiger partial charge is 0.0645 e. The highest BCUT2D eigenvalue weighted by molar-refractivity contribution is 4.80. The second-order valence-electron chi connectivity index (χ2n) is 4.35. The van der Waals surface area contributed by atoms with Crippen molar-refractivity contribution in [2.75, 3.05) is 13.1 Å². The van der Waals surface area contributed by atoms with E-state index in [2.05, 4.69) is 26.1 Å². The summed E-state index contributed by atoms with van der Waals surface area (Å²) in [7, 11) is 0. The van der Waals surface area contributed by atoms with E-state index in [1.807, 2.05) is 6.92 Å². The summed E-state index contributed by atoms with van der Waals surface area (Å²) in [5.41, 5.74) is -0.483. The second-order valence-corrected chi connectivity index (χ2v) is 4.35. The van der Waals surface area contributed by atoms with E-state index in [0.29, 0.717) is 5.92 Å². The third kappa shape index (κ3) is 4.97. The lowest BCUT2D eigenvalue weighted by molar-refractivity contribution is -0.00958. The fourth-order valence-corrected chi connectivity index (χ4v) is 1.82. The molecule has 2 heteroatoms. The predicted octanol–water partition coefficient (Wildman–Crippen LogP) is 2.56. The molecule has 2 unspecified atom stereocenters. The van der Waals surface area contributed by atoms with Gasteiger partial charge in [0.05, 0.1) is 5.60 Å². The summed E-state index contributed by atoms with van der Waals surface area (Å²) in [5.74, 6) is 0.428. The van der Waals surface area contributed by atoms with Gasteiger partial charge in [-0.05, 0) is 45.2 Å². The highest BCUT2D eigenvalue weighted by atomic mass is 16.3. The number of aliphatic hydroxyl groups is 1. The van der Waals surface area contributed by atoms with Crippen molar-refractivity contribution in [3.05, 3.63) is 0 Å². The third-order valence-corrected chi connectivity index (χ3v) is 3.18. The number of hydrogen-bond donors (Lipinski definition) is 2. The van der Waals surface area contributed by atoms with E-state index in [0.717, 1.165) is 32.4 Å². The molecule has 0 spiro atoms. The minimum atomic E-state index is -0.483. The van der Waals surface area contributed by atoms with Crippen LogP contribution in [0, 0.1) is 5.92 Å². The van der Waals surface area contributed by atoms with Crippen molar-refractivity contribution in [3.63, 3.8) is 0 Å². The lowest BCUT2D eigenvalue weighted by Crippen LogP contribution is -2.35. The average Bonchev–Trinajstić information content (AvgIpc) is 2.17. The summed E-state index contributed by atoms with van der Waals surface area (Å²) < 4.78 is 0. The zero-order chi connectivity index (χ0) is 11.0. The molecule has 2 N–H and O–H groups in total. The fraction of sp³-hybridized carbons (Fsp3) is 1.00. The van der Waals surface area contributed by atoms with Crippen molar-refractivity contribution in [3.8, 4) is 0 Å². The van der Waals surface area contributed by atoms with Gasteiger partial charge in [0.2, 0.25) is 0 Å². The van der Waals surface area contributed by atoms with E-state index in [4.69, 9.17) is 0 Å². The number of rotatable bonds is 8. The minimum absolute atomic E-state index is 0.428. The van der Waals surface area contributed by atoms with Gasteiger partial charge in [-0.25, -0.2) is 0 Å². The summed E-state index contributed by atoms with van der Waals surface area (Å²) in [6, 6.07) is 0. The zero-order valence-electron chi connectivity index (χ0n) is 10.3. The first-order valence-electron chi connectivity index (χ1n) is 6.01. The molecule has 86 valence electrons. The minimum Gasteiger partial charge on any atom is -0.390 e. The van der Waals surface area contributed by atoms with Gasteiger partial charge in [-0.3, -0.25) is 0 Å². The van der Waals surface area contributed by atoms with E-state index in [1.165, 1.54) is 6.42 Å². The largest absolute Gasteiger partial charge is 0.390 e. The first-order chi connectivity index (χ1) is 6.58. The molecule has 0 aliphatic rings. The zero-order valence-corrected chi connectivity index (χ0v) is 10.3.